The molecule has 0 bridgehead atoms. The molecule has 0 spiro atoms. The molecule has 0 aromatic heterocycles. The Hall–Kier alpha value is -1.07. The molecular formula is C16H26N2O2S. The van der Waals surface area contributed by atoms with Crippen molar-refractivity contribution in [2.75, 3.05) is 18.8 Å². The zero-order chi connectivity index (χ0) is 15.8. The average Bonchev–Trinajstić information content (AvgIpc) is 2.43. The van der Waals surface area contributed by atoms with E-state index in [1.54, 1.807) is 4.31 Å². The van der Waals surface area contributed by atoms with Crippen molar-refractivity contribution in [2.24, 2.45) is 5.41 Å². The van der Waals surface area contributed by atoms with Crippen LogP contribution < -0.4 is 5.73 Å². The third-order valence-electron chi connectivity index (χ3n) is 4.99. The topological polar surface area (TPSA) is 63.4 Å². The fourth-order valence-electron chi connectivity index (χ4n) is 2.90. The highest BCUT2D eigenvalue weighted by atomic mass is 32.2. The third-order valence-corrected chi connectivity index (χ3v) is 7.09. The molecule has 0 aliphatic carbocycles. The zero-order valence-electron chi connectivity index (χ0n) is 13.4. The van der Waals surface area contributed by atoms with Gasteiger partial charge in [0.1, 0.15) is 4.90 Å². The first-order chi connectivity index (χ1) is 9.71. The lowest BCUT2D eigenvalue weighted by atomic mass is 9.79. The second kappa shape index (κ2) is 5.61. The van der Waals surface area contributed by atoms with Gasteiger partial charge in [0, 0.05) is 13.1 Å². The number of nitrogen functional groups attached to an aromatic ring is 1. The minimum absolute atomic E-state index is 0.263. The number of hydrogen-bond acceptors (Lipinski definition) is 3. The van der Waals surface area contributed by atoms with E-state index in [4.69, 9.17) is 5.73 Å². The van der Waals surface area contributed by atoms with Gasteiger partial charge in [-0.2, -0.15) is 4.31 Å². The van der Waals surface area contributed by atoms with Gasteiger partial charge >= 0.3 is 0 Å². The lowest BCUT2D eigenvalue weighted by Gasteiger charge is -2.38. The quantitative estimate of drug-likeness (QED) is 0.873. The summed E-state index contributed by atoms with van der Waals surface area (Å²) in [4.78, 5) is 0.294. The Kier molecular flexibility index (Phi) is 4.36. The number of nitrogens with two attached hydrogens (primary N) is 1. The maximum atomic E-state index is 12.9. The van der Waals surface area contributed by atoms with E-state index < -0.39 is 10.0 Å². The molecule has 118 valence electrons. The predicted octanol–water partition coefficient (Wildman–Crippen LogP) is 3.09. The van der Waals surface area contributed by atoms with Crippen molar-refractivity contribution in [3.63, 3.8) is 0 Å². The third kappa shape index (κ3) is 2.94. The monoisotopic (exact) mass is 310 g/mol. The Morgan fingerprint density at radius 3 is 2.24 bits per heavy atom. The fraction of sp³-hybridized carbons (Fsp3) is 0.625. The molecule has 21 heavy (non-hydrogen) atoms. The highest BCUT2D eigenvalue weighted by Gasteiger charge is 2.35. The van der Waals surface area contributed by atoms with Crippen LogP contribution in [0, 0.1) is 19.3 Å². The highest BCUT2D eigenvalue weighted by Crippen LogP contribution is 2.37. The minimum atomic E-state index is -3.50. The normalized spacial score (nSPS) is 19.6. The summed E-state index contributed by atoms with van der Waals surface area (Å²) in [6.45, 7) is 9.23. The van der Waals surface area contributed by atoms with Gasteiger partial charge in [-0.25, -0.2) is 8.42 Å². The van der Waals surface area contributed by atoms with E-state index in [0.29, 0.717) is 23.7 Å². The van der Waals surface area contributed by atoms with Crippen LogP contribution in [0.2, 0.25) is 0 Å². The van der Waals surface area contributed by atoms with Crippen molar-refractivity contribution < 1.29 is 8.42 Å². The van der Waals surface area contributed by atoms with Gasteiger partial charge in [-0.1, -0.05) is 32.4 Å². The number of sulfonamides is 1. The average molecular weight is 310 g/mol. The maximum Gasteiger partial charge on any atom is 0.245 e. The van der Waals surface area contributed by atoms with Crippen molar-refractivity contribution in [3.05, 3.63) is 23.3 Å². The number of anilines is 1. The van der Waals surface area contributed by atoms with E-state index >= 15 is 0 Å². The molecule has 0 unspecified atom stereocenters. The lowest BCUT2D eigenvalue weighted by Crippen LogP contribution is -2.42. The van der Waals surface area contributed by atoms with Crippen LogP contribution in [0.15, 0.2) is 17.0 Å². The molecule has 0 radical (unpaired) electrons. The number of nitrogens with zero attached hydrogens (tertiary/aromatic N) is 1. The summed E-state index contributed by atoms with van der Waals surface area (Å²) in [5.74, 6) is 0. The Bertz CT molecular complexity index is 630. The van der Waals surface area contributed by atoms with E-state index in [9.17, 15) is 8.42 Å². The molecule has 1 aromatic rings. The second-order valence-corrected chi connectivity index (χ2v) is 8.39. The van der Waals surface area contributed by atoms with Gasteiger partial charge < -0.3 is 5.73 Å². The van der Waals surface area contributed by atoms with E-state index in [1.807, 2.05) is 26.0 Å². The van der Waals surface area contributed by atoms with Crippen molar-refractivity contribution >= 4 is 15.7 Å². The van der Waals surface area contributed by atoms with Crippen LogP contribution in [0.25, 0.3) is 0 Å². The Morgan fingerprint density at radius 1 is 1.19 bits per heavy atom. The first-order valence-electron chi connectivity index (χ1n) is 7.57. The molecule has 0 saturated carbocycles. The molecule has 2 N–H and O–H groups in total. The smallest absolute Gasteiger partial charge is 0.245 e. The van der Waals surface area contributed by atoms with Gasteiger partial charge in [-0.15, -0.1) is 0 Å². The summed E-state index contributed by atoms with van der Waals surface area (Å²) in [5, 5.41) is 0. The van der Waals surface area contributed by atoms with Gasteiger partial charge in [-0.05, 0) is 43.2 Å². The van der Waals surface area contributed by atoms with Crippen molar-refractivity contribution in [1.29, 1.82) is 0 Å². The number of benzene rings is 1. The molecule has 0 atom stereocenters. The fourth-order valence-corrected chi connectivity index (χ4v) is 4.73. The van der Waals surface area contributed by atoms with Crippen molar-refractivity contribution in [2.45, 2.75) is 51.9 Å². The second-order valence-electron chi connectivity index (χ2n) is 6.51. The molecule has 1 heterocycles. The van der Waals surface area contributed by atoms with Gasteiger partial charge in [0.05, 0.1) is 5.69 Å². The number of aryl methyl sites for hydroxylation is 2. The first kappa shape index (κ1) is 16.3. The summed E-state index contributed by atoms with van der Waals surface area (Å²) >= 11 is 0. The van der Waals surface area contributed by atoms with Crippen LogP contribution in [-0.2, 0) is 10.0 Å². The summed E-state index contributed by atoms with van der Waals surface area (Å²) < 4.78 is 27.5. The predicted molar refractivity (Wildman–Crippen MR) is 86.7 cm³/mol. The number of rotatable bonds is 3. The highest BCUT2D eigenvalue weighted by molar-refractivity contribution is 7.89. The van der Waals surface area contributed by atoms with Crippen LogP contribution in [0.4, 0.5) is 5.69 Å². The maximum absolute atomic E-state index is 12.9. The molecule has 1 aliphatic heterocycles. The molecule has 2 rings (SSSR count). The lowest BCUT2D eigenvalue weighted by molar-refractivity contribution is 0.169. The van der Waals surface area contributed by atoms with Crippen LogP contribution in [0.3, 0.4) is 0 Å². The number of piperidine rings is 1. The molecule has 0 amide bonds. The molecule has 1 aliphatic rings. The van der Waals surface area contributed by atoms with Crippen molar-refractivity contribution in [3.8, 4) is 0 Å². The zero-order valence-corrected chi connectivity index (χ0v) is 14.3. The first-order valence-corrected chi connectivity index (χ1v) is 9.01. The number of hydrogen-bond donors (Lipinski definition) is 1. The molecule has 5 heteroatoms. The Balaban J connectivity index is 2.35. The Labute approximate surface area is 128 Å². The minimum Gasteiger partial charge on any atom is -0.397 e. The van der Waals surface area contributed by atoms with E-state index in [2.05, 4.69) is 13.8 Å². The van der Waals surface area contributed by atoms with Gasteiger partial charge in [0.2, 0.25) is 10.0 Å². The largest absolute Gasteiger partial charge is 0.397 e. The molecular weight excluding hydrogens is 284 g/mol. The van der Waals surface area contributed by atoms with E-state index in [-0.39, 0.29) is 5.41 Å². The van der Waals surface area contributed by atoms with Gasteiger partial charge in [0.25, 0.3) is 0 Å². The van der Waals surface area contributed by atoms with Crippen LogP contribution >= 0.6 is 0 Å². The van der Waals surface area contributed by atoms with Crippen molar-refractivity contribution in [1.82, 2.24) is 4.31 Å². The van der Waals surface area contributed by atoms with Gasteiger partial charge in [0.15, 0.2) is 0 Å². The molecule has 1 aromatic carbocycles. The van der Waals surface area contributed by atoms with Crippen LogP contribution in [0.1, 0.15) is 44.2 Å². The Morgan fingerprint density at radius 2 is 1.71 bits per heavy atom. The summed E-state index contributed by atoms with van der Waals surface area (Å²) in [7, 11) is -3.50. The summed E-state index contributed by atoms with van der Waals surface area (Å²) in [6.07, 6.45) is 2.91. The standard InChI is InChI=1S/C16H26N2O2S/c1-5-16(4)8-10-18(11-9-16)21(19,20)15-13(3)7-6-12(2)14(15)17/h6-7H,5,8-11,17H2,1-4H3. The molecule has 1 fully saturated rings. The van der Waals surface area contributed by atoms with Crippen LogP contribution in [-0.4, -0.2) is 25.8 Å². The van der Waals surface area contributed by atoms with E-state index in [0.717, 1.165) is 30.4 Å². The van der Waals surface area contributed by atoms with Gasteiger partial charge in [-0.3, -0.25) is 0 Å². The van der Waals surface area contributed by atoms with E-state index in [1.165, 1.54) is 0 Å². The summed E-state index contributed by atoms with van der Waals surface area (Å²) in [5.41, 5.74) is 8.24. The van der Waals surface area contributed by atoms with Crippen LogP contribution in [0.5, 0.6) is 0 Å². The molecule has 4 nitrogen and oxygen atoms in total. The SMILES string of the molecule is CCC1(C)CCN(S(=O)(=O)c2c(C)ccc(C)c2N)CC1. The molecule has 1 saturated heterocycles. The summed E-state index contributed by atoms with van der Waals surface area (Å²) in [6, 6.07) is 3.70.